The third-order valence-corrected chi connectivity index (χ3v) is 3.51. The Morgan fingerprint density at radius 2 is 2.24 bits per heavy atom. The summed E-state index contributed by atoms with van der Waals surface area (Å²) in [6.07, 6.45) is 5.23. The molecule has 2 N–H and O–H groups in total. The van der Waals surface area contributed by atoms with Gasteiger partial charge in [0.15, 0.2) is 5.82 Å². The third-order valence-electron chi connectivity index (χ3n) is 3.51. The number of imidazole rings is 1. The van der Waals surface area contributed by atoms with Gasteiger partial charge in [0.2, 0.25) is 0 Å². The SMILES string of the molecule is COc1ccc(NC(=O)NCCn2ccnc2)cc1-n1nnnc1C. The summed E-state index contributed by atoms with van der Waals surface area (Å²) in [4.78, 5) is 16.0. The first-order valence-electron chi connectivity index (χ1n) is 7.61. The van der Waals surface area contributed by atoms with Crippen molar-refractivity contribution in [2.24, 2.45) is 0 Å². The van der Waals surface area contributed by atoms with E-state index in [1.807, 2.05) is 10.8 Å². The van der Waals surface area contributed by atoms with Gasteiger partial charge in [-0.25, -0.2) is 9.78 Å². The lowest BCUT2D eigenvalue weighted by atomic mass is 10.2. The maximum absolute atomic E-state index is 12.0. The number of methoxy groups -OCH3 is 1. The Kier molecular flexibility index (Phi) is 4.88. The van der Waals surface area contributed by atoms with Gasteiger partial charge in [-0.15, -0.1) is 5.10 Å². The fourth-order valence-electron chi connectivity index (χ4n) is 2.28. The van der Waals surface area contributed by atoms with Gasteiger partial charge in [0.25, 0.3) is 0 Å². The number of tetrazole rings is 1. The Balaban J connectivity index is 1.66. The van der Waals surface area contributed by atoms with Crippen molar-refractivity contribution in [2.75, 3.05) is 19.0 Å². The number of urea groups is 1. The minimum absolute atomic E-state index is 0.301. The maximum atomic E-state index is 12.0. The Hall–Kier alpha value is -3.43. The van der Waals surface area contributed by atoms with Crippen LogP contribution in [0.3, 0.4) is 0 Å². The number of nitrogens with zero attached hydrogens (tertiary/aromatic N) is 6. The van der Waals surface area contributed by atoms with Crippen molar-refractivity contribution in [1.29, 1.82) is 0 Å². The van der Waals surface area contributed by atoms with Crippen molar-refractivity contribution in [3.05, 3.63) is 42.7 Å². The van der Waals surface area contributed by atoms with E-state index >= 15 is 0 Å². The molecule has 0 atom stereocenters. The van der Waals surface area contributed by atoms with Crippen LogP contribution in [0.1, 0.15) is 5.82 Å². The van der Waals surface area contributed by atoms with Gasteiger partial charge in [-0.05, 0) is 35.5 Å². The van der Waals surface area contributed by atoms with Crippen LogP contribution in [0.2, 0.25) is 0 Å². The first-order chi connectivity index (χ1) is 12.2. The summed E-state index contributed by atoms with van der Waals surface area (Å²) in [6, 6.07) is 4.94. The Labute approximate surface area is 143 Å². The number of benzene rings is 1. The number of nitrogens with one attached hydrogen (secondary N) is 2. The number of hydrogen-bond acceptors (Lipinski definition) is 6. The Morgan fingerprint density at radius 3 is 2.92 bits per heavy atom. The summed E-state index contributed by atoms with van der Waals surface area (Å²) in [6.45, 7) is 2.91. The van der Waals surface area contributed by atoms with Gasteiger partial charge in [-0.2, -0.15) is 4.68 Å². The van der Waals surface area contributed by atoms with Crippen LogP contribution in [0.15, 0.2) is 36.9 Å². The molecule has 25 heavy (non-hydrogen) atoms. The molecule has 0 radical (unpaired) electrons. The lowest BCUT2D eigenvalue weighted by Gasteiger charge is -2.12. The fraction of sp³-hybridized carbons (Fsp3) is 0.267. The van der Waals surface area contributed by atoms with Gasteiger partial charge in [-0.1, -0.05) is 0 Å². The molecule has 2 amide bonds. The molecule has 3 aromatic rings. The van der Waals surface area contributed by atoms with Gasteiger partial charge >= 0.3 is 6.03 Å². The number of aromatic nitrogens is 6. The number of rotatable bonds is 6. The topological polar surface area (TPSA) is 112 Å². The molecular formula is C15H18N8O2. The zero-order chi connectivity index (χ0) is 17.6. The number of amides is 2. The van der Waals surface area contributed by atoms with E-state index in [4.69, 9.17) is 4.74 Å². The summed E-state index contributed by atoms with van der Waals surface area (Å²) in [5.41, 5.74) is 1.24. The second-order valence-electron chi connectivity index (χ2n) is 5.21. The smallest absolute Gasteiger partial charge is 0.319 e. The summed E-state index contributed by atoms with van der Waals surface area (Å²) in [7, 11) is 1.56. The van der Waals surface area contributed by atoms with Gasteiger partial charge in [0.1, 0.15) is 11.4 Å². The molecule has 0 unspecified atom stereocenters. The van der Waals surface area contributed by atoms with Crippen LogP contribution in [0, 0.1) is 6.92 Å². The van der Waals surface area contributed by atoms with Crippen LogP contribution in [-0.4, -0.2) is 49.4 Å². The van der Waals surface area contributed by atoms with E-state index in [9.17, 15) is 4.79 Å². The largest absolute Gasteiger partial charge is 0.494 e. The first-order valence-corrected chi connectivity index (χ1v) is 7.61. The predicted molar refractivity (Wildman–Crippen MR) is 89.7 cm³/mol. The van der Waals surface area contributed by atoms with Gasteiger partial charge < -0.3 is 19.9 Å². The second kappa shape index (κ2) is 7.43. The highest BCUT2D eigenvalue weighted by molar-refractivity contribution is 5.89. The van der Waals surface area contributed by atoms with Crippen LogP contribution in [-0.2, 0) is 6.54 Å². The lowest BCUT2D eigenvalue weighted by Crippen LogP contribution is -2.31. The van der Waals surface area contributed by atoms with E-state index in [-0.39, 0.29) is 6.03 Å². The zero-order valence-electron chi connectivity index (χ0n) is 13.9. The molecule has 0 saturated carbocycles. The summed E-state index contributed by atoms with van der Waals surface area (Å²) in [5.74, 6) is 1.21. The molecule has 3 rings (SSSR count). The number of anilines is 1. The van der Waals surface area contributed by atoms with Crippen molar-refractivity contribution >= 4 is 11.7 Å². The predicted octanol–water partition coefficient (Wildman–Crippen LogP) is 0.998. The molecule has 0 aliphatic heterocycles. The molecule has 1 aromatic carbocycles. The average Bonchev–Trinajstić information content (AvgIpc) is 3.26. The molecule has 0 aliphatic rings. The molecule has 2 aromatic heterocycles. The molecule has 0 bridgehead atoms. The monoisotopic (exact) mass is 342 g/mol. The van der Waals surface area contributed by atoms with Gasteiger partial charge in [0, 0.05) is 31.2 Å². The highest BCUT2D eigenvalue weighted by atomic mass is 16.5. The van der Waals surface area contributed by atoms with E-state index in [0.717, 1.165) is 0 Å². The minimum atomic E-state index is -0.301. The quantitative estimate of drug-likeness (QED) is 0.691. The number of aryl methyl sites for hydroxylation is 1. The molecule has 10 nitrogen and oxygen atoms in total. The van der Waals surface area contributed by atoms with Crippen LogP contribution in [0.5, 0.6) is 5.75 Å². The molecule has 0 spiro atoms. The number of hydrogen-bond donors (Lipinski definition) is 2. The van der Waals surface area contributed by atoms with E-state index in [2.05, 4.69) is 31.1 Å². The van der Waals surface area contributed by atoms with Crippen LogP contribution < -0.4 is 15.4 Å². The Bertz CT molecular complexity index is 843. The average molecular weight is 342 g/mol. The third kappa shape index (κ3) is 3.91. The van der Waals surface area contributed by atoms with Crippen LogP contribution in [0.25, 0.3) is 5.69 Å². The minimum Gasteiger partial charge on any atom is -0.494 e. The van der Waals surface area contributed by atoms with Crippen molar-refractivity contribution in [3.8, 4) is 11.4 Å². The van der Waals surface area contributed by atoms with E-state index in [0.29, 0.717) is 36.0 Å². The maximum Gasteiger partial charge on any atom is 0.319 e. The molecule has 2 heterocycles. The highest BCUT2D eigenvalue weighted by Crippen LogP contribution is 2.26. The van der Waals surface area contributed by atoms with E-state index < -0.39 is 0 Å². The second-order valence-corrected chi connectivity index (χ2v) is 5.21. The first kappa shape index (κ1) is 16.4. The van der Waals surface area contributed by atoms with Gasteiger partial charge in [-0.3, -0.25) is 0 Å². The number of ether oxygens (including phenoxy) is 1. The Morgan fingerprint density at radius 1 is 1.36 bits per heavy atom. The molecule has 0 aliphatic carbocycles. The van der Waals surface area contributed by atoms with E-state index in [1.54, 1.807) is 49.4 Å². The van der Waals surface area contributed by atoms with Crippen LogP contribution >= 0.6 is 0 Å². The number of carbonyl (C=O) groups excluding carboxylic acids is 1. The normalized spacial score (nSPS) is 10.5. The molecule has 0 saturated heterocycles. The van der Waals surface area contributed by atoms with Crippen molar-refractivity contribution in [2.45, 2.75) is 13.5 Å². The molecule has 0 fully saturated rings. The molecular weight excluding hydrogens is 324 g/mol. The van der Waals surface area contributed by atoms with Crippen LogP contribution in [0.4, 0.5) is 10.5 Å². The van der Waals surface area contributed by atoms with Crippen molar-refractivity contribution < 1.29 is 9.53 Å². The summed E-state index contributed by atoms with van der Waals surface area (Å²) >= 11 is 0. The van der Waals surface area contributed by atoms with E-state index in [1.165, 1.54) is 0 Å². The lowest BCUT2D eigenvalue weighted by molar-refractivity contribution is 0.251. The van der Waals surface area contributed by atoms with Gasteiger partial charge in [0.05, 0.1) is 13.4 Å². The fourth-order valence-corrected chi connectivity index (χ4v) is 2.28. The van der Waals surface area contributed by atoms with Crippen molar-refractivity contribution in [1.82, 2.24) is 35.1 Å². The summed E-state index contributed by atoms with van der Waals surface area (Å²) in [5, 5.41) is 17.0. The molecule has 130 valence electrons. The zero-order valence-corrected chi connectivity index (χ0v) is 13.9. The standard InChI is InChI=1S/C15H18N8O2/c1-11-19-20-21-23(11)13-9-12(3-4-14(13)25-2)18-15(24)17-6-8-22-7-5-16-10-22/h3-5,7,9-10H,6,8H2,1-2H3,(H2,17,18,24). The highest BCUT2D eigenvalue weighted by Gasteiger charge is 2.12. The summed E-state index contributed by atoms with van der Waals surface area (Å²) < 4.78 is 8.76. The number of carbonyl (C=O) groups is 1. The molecule has 10 heteroatoms. The van der Waals surface area contributed by atoms with Crippen molar-refractivity contribution in [3.63, 3.8) is 0 Å².